The number of aliphatic hydroxyl groups is 2. The summed E-state index contributed by atoms with van der Waals surface area (Å²) >= 11 is 0. The van der Waals surface area contributed by atoms with Crippen molar-refractivity contribution < 1.29 is 29.3 Å². The maximum Gasteiger partial charge on any atom is 0.222 e. The minimum absolute atomic E-state index is 0.0396. The number of carbonyl (C=O) groups is 2. The third kappa shape index (κ3) is 11.5. The van der Waals surface area contributed by atoms with E-state index in [1.54, 1.807) is 11.9 Å². The van der Waals surface area contributed by atoms with Gasteiger partial charge in [0.25, 0.3) is 0 Å². The number of aliphatic hydroxyl groups excluding tert-OH is 2. The van der Waals surface area contributed by atoms with Crippen molar-refractivity contribution in [1.29, 1.82) is 0 Å². The van der Waals surface area contributed by atoms with E-state index in [4.69, 9.17) is 14.6 Å². The van der Waals surface area contributed by atoms with Crippen molar-refractivity contribution in [2.24, 2.45) is 0 Å². The van der Waals surface area contributed by atoms with Gasteiger partial charge in [-0.05, 0) is 39.0 Å². The number of nitrogens with one attached hydrogen (secondary N) is 1. The van der Waals surface area contributed by atoms with Gasteiger partial charge in [-0.1, -0.05) is 19.3 Å². The van der Waals surface area contributed by atoms with Crippen molar-refractivity contribution in [3.8, 4) is 0 Å². The summed E-state index contributed by atoms with van der Waals surface area (Å²) in [6.45, 7) is 3.21. The first-order valence-electron chi connectivity index (χ1n) is 11.0. The van der Waals surface area contributed by atoms with Crippen LogP contribution in [0.4, 0.5) is 0 Å². The molecule has 0 spiro atoms. The van der Waals surface area contributed by atoms with Crippen molar-refractivity contribution >= 4 is 11.8 Å². The molecule has 1 fully saturated rings. The first-order valence-corrected chi connectivity index (χ1v) is 11.0. The van der Waals surface area contributed by atoms with Gasteiger partial charge in [-0.15, -0.1) is 0 Å². The van der Waals surface area contributed by atoms with Crippen LogP contribution >= 0.6 is 0 Å². The Morgan fingerprint density at radius 2 is 1.76 bits per heavy atom. The highest BCUT2D eigenvalue weighted by Crippen LogP contribution is 2.20. The number of hydrogen-bond donors (Lipinski definition) is 3. The lowest BCUT2D eigenvalue weighted by atomic mass is 10.1. The van der Waals surface area contributed by atoms with Crippen LogP contribution < -0.4 is 5.32 Å². The standard InChI is InChI=1S/C21H40N2O6/c1-17-11-12-18(25)21(29-17)28-16-14-23(13-8-15-24)20(27)10-7-5-3-4-6-9-19(26)22-2/h17-18,21,24-25H,3-16H2,1-2H3,(H,22,26)/t17-,18-,21+/m0/s1. The van der Waals surface area contributed by atoms with E-state index in [1.165, 1.54) is 0 Å². The fourth-order valence-corrected chi connectivity index (χ4v) is 3.36. The fourth-order valence-electron chi connectivity index (χ4n) is 3.36. The lowest BCUT2D eigenvalue weighted by Gasteiger charge is -2.32. The van der Waals surface area contributed by atoms with Gasteiger partial charge in [0.05, 0.1) is 12.7 Å². The Labute approximate surface area is 174 Å². The number of amides is 2. The molecule has 8 heteroatoms. The molecule has 0 saturated carbocycles. The number of carbonyl (C=O) groups excluding carboxylic acids is 2. The Morgan fingerprint density at radius 1 is 1.07 bits per heavy atom. The van der Waals surface area contributed by atoms with Gasteiger partial charge < -0.3 is 29.9 Å². The molecule has 3 N–H and O–H groups in total. The molecule has 1 heterocycles. The highest BCUT2D eigenvalue weighted by Gasteiger charge is 2.28. The summed E-state index contributed by atoms with van der Waals surface area (Å²) in [5, 5.41) is 21.7. The SMILES string of the molecule is CNC(=O)CCCCCCCC(=O)N(CCCO)CCO[C@@H]1O[C@@H](C)CC[C@@H]1O. The monoisotopic (exact) mass is 416 g/mol. The van der Waals surface area contributed by atoms with E-state index in [2.05, 4.69) is 5.32 Å². The largest absolute Gasteiger partial charge is 0.396 e. The van der Waals surface area contributed by atoms with E-state index in [-0.39, 0.29) is 24.5 Å². The van der Waals surface area contributed by atoms with Crippen molar-refractivity contribution in [2.45, 2.75) is 89.6 Å². The van der Waals surface area contributed by atoms with Crippen LogP contribution in [0.25, 0.3) is 0 Å². The summed E-state index contributed by atoms with van der Waals surface area (Å²) in [4.78, 5) is 25.4. The predicted molar refractivity (Wildman–Crippen MR) is 110 cm³/mol. The van der Waals surface area contributed by atoms with Gasteiger partial charge in [-0.3, -0.25) is 9.59 Å². The van der Waals surface area contributed by atoms with Crippen LogP contribution in [-0.4, -0.2) is 78.8 Å². The van der Waals surface area contributed by atoms with Crippen LogP contribution in [0, 0.1) is 0 Å². The molecule has 3 atom stereocenters. The summed E-state index contributed by atoms with van der Waals surface area (Å²) in [6, 6.07) is 0. The molecule has 8 nitrogen and oxygen atoms in total. The molecular weight excluding hydrogens is 376 g/mol. The molecule has 1 saturated heterocycles. The normalized spacial score (nSPS) is 21.7. The molecule has 2 amide bonds. The Morgan fingerprint density at radius 3 is 2.45 bits per heavy atom. The summed E-state index contributed by atoms with van der Waals surface area (Å²) in [5.74, 6) is 0.133. The Kier molecular flexibility index (Phi) is 13.9. The van der Waals surface area contributed by atoms with Gasteiger partial charge >= 0.3 is 0 Å². The molecular formula is C21H40N2O6. The molecule has 0 aliphatic carbocycles. The molecule has 29 heavy (non-hydrogen) atoms. The lowest BCUT2D eigenvalue weighted by molar-refractivity contribution is -0.237. The number of rotatable bonds is 15. The van der Waals surface area contributed by atoms with Gasteiger partial charge in [0, 0.05) is 39.6 Å². The molecule has 1 aliphatic rings. The third-order valence-corrected chi connectivity index (χ3v) is 5.21. The highest BCUT2D eigenvalue weighted by atomic mass is 16.7. The summed E-state index contributed by atoms with van der Waals surface area (Å²) < 4.78 is 11.3. The van der Waals surface area contributed by atoms with Crippen molar-refractivity contribution in [2.75, 3.05) is 33.4 Å². The summed E-state index contributed by atoms with van der Waals surface area (Å²) in [6.07, 6.45) is 6.49. The first kappa shape index (κ1) is 25.8. The highest BCUT2D eigenvalue weighted by molar-refractivity contribution is 5.76. The van der Waals surface area contributed by atoms with E-state index in [0.717, 1.165) is 38.5 Å². The molecule has 0 radical (unpaired) electrons. The molecule has 0 aromatic rings. The van der Waals surface area contributed by atoms with Gasteiger partial charge in [-0.2, -0.15) is 0 Å². The number of unbranched alkanes of at least 4 members (excludes halogenated alkanes) is 4. The van der Waals surface area contributed by atoms with Crippen LogP contribution in [0.2, 0.25) is 0 Å². The quantitative estimate of drug-likeness (QED) is 0.350. The Bertz CT molecular complexity index is 462. The minimum Gasteiger partial charge on any atom is -0.396 e. The van der Waals surface area contributed by atoms with Crippen LogP contribution in [0.15, 0.2) is 0 Å². The second-order valence-corrected chi connectivity index (χ2v) is 7.73. The first-order chi connectivity index (χ1) is 14.0. The van der Waals surface area contributed by atoms with Gasteiger partial charge in [0.1, 0.15) is 6.10 Å². The Balaban J connectivity index is 2.24. The summed E-state index contributed by atoms with van der Waals surface area (Å²) in [5.41, 5.74) is 0. The Hall–Kier alpha value is -1.22. The zero-order valence-electron chi connectivity index (χ0n) is 18.1. The lowest BCUT2D eigenvalue weighted by Crippen LogP contribution is -2.42. The van der Waals surface area contributed by atoms with Gasteiger partial charge in [0.15, 0.2) is 6.29 Å². The minimum atomic E-state index is -0.636. The molecule has 1 rings (SSSR count). The third-order valence-electron chi connectivity index (χ3n) is 5.21. The van der Waals surface area contributed by atoms with Gasteiger partial charge in [0.2, 0.25) is 11.8 Å². The van der Waals surface area contributed by atoms with Gasteiger partial charge in [-0.25, -0.2) is 0 Å². The summed E-state index contributed by atoms with van der Waals surface area (Å²) in [7, 11) is 1.65. The molecule has 0 aromatic carbocycles. The van der Waals surface area contributed by atoms with E-state index in [1.807, 2.05) is 6.92 Å². The number of nitrogens with zero attached hydrogens (tertiary/aromatic N) is 1. The molecule has 1 aliphatic heterocycles. The maximum atomic E-state index is 12.5. The topological polar surface area (TPSA) is 108 Å². The maximum absolute atomic E-state index is 12.5. The van der Waals surface area contributed by atoms with Crippen LogP contribution in [0.3, 0.4) is 0 Å². The van der Waals surface area contributed by atoms with E-state index >= 15 is 0 Å². The average molecular weight is 417 g/mol. The average Bonchev–Trinajstić information content (AvgIpc) is 2.71. The van der Waals surface area contributed by atoms with Crippen LogP contribution in [0.1, 0.15) is 71.1 Å². The van der Waals surface area contributed by atoms with E-state index in [0.29, 0.717) is 45.4 Å². The second kappa shape index (κ2) is 15.6. The van der Waals surface area contributed by atoms with Crippen molar-refractivity contribution in [1.82, 2.24) is 10.2 Å². The van der Waals surface area contributed by atoms with Crippen LogP contribution in [0.5, 0.6) is 0 Å². The zero-order valence-corrected chi connectivity index (χ0v) is 18.1. The van der Waals surface area contributed by atoms with Crippen LogP contribution in [-0.2, 0) is 19.1 Å². The van der Waals surface area contributed by atoms with Crippen molar-refractivity contribution in [3.05, 3.63) is 0 Å². The number of ether oxygens (including phenoxy) is 2. The predicted octanol–water partition coefficient (Wildman–Crippen LogP) is 1.58. The van der Waals surface area contributed by atoms with E-state index < -0.39 is 12.4 Å². The zero-order chi connectivity index (χ0) is 21.5. The second-order valence-electron chi connectivity index (χ2n) is 7.73. The smallest absolute Gasteiger partial charge is 0.222 e. The van der Waals surface area contributed by atoms with E-state index in [9.17, 15) is 14.7 Å². The fraction of sp³-hybridized carbons (Fsp3) is 0.905. The van der Waals surface area contributed by atoms with Crippen molar-refractivity contribution in [3.63, 3.8) is 0 Å². The molecule has 170 valence electrons. The molecule has 0 bridgehead atoms. The molecule has 0 aromatic heterocycles. The number of hydrogen-bond acceptors (Lipinski definition) is 6. The molecule has 0 unspecified atom stereocenters.